The lowest BCUT2D eigenvalue weighted by atomic mass is 10.2. The third-order valence-corrected chi connectivity index (χ3v) is 4.89. The summed E-state index contributed by atoms with van der Waals surface area (Å²) in [5.41, 5.74) is 1.17. The number of guanidine groups is 1. The highest BCUT2D eigenvalue weighted by atomic mass is 32.1. The van der Waals surface area contributed by atoms with Gasteiger partial charge in [-0.2, -0.15) is 0 Å². The Hall–Kier alpha value is -2.05. The average molecular weight is 362 g/mol. The summed E-state index contributed by atoms with van der Waals surface area (Å²) in [6.07, 6.45) is 1.09. The van der Waals surface area contributed by atoms with Crippen LogP contribution in [0.3, 0.4) is 0 Å². The van der Waals surface area contributed by atoms with Gasteiger partial charge in [0.05, 0.1) is 13.2 Å². The maximum absolute atomic E-state index is 5.57. The fourth-order valence-electron chi connectivity index (χ4n) is 2.23. The van der Waals surface area contributed by atoms with Gasteiger partial charge < -0.3 is 20.1 Å². The molecule has 0 fully saturated rings. The Morgan fingerprint density at radius 3 is 2.36 bits per heavy atom. The topological polar surface area (TPSA) is 54.9 Å². The third-order valence-electron chi connectivity index (χ3n) is 3.66. The predicted octanol–water partition coefficient (Wildman–Crippen LogP) is 3.20. The summed E-state index contributed by atoms with van der Waals surface area (Å²) >= 11 is 1.84. The second-order valence-corrected chi connectivity index (χ2v) is 6.74. The van der Waals surface area contributed by atoms with Gasteiger partial charge in [-0.1, -0.05) is 19.1 Å². The summed E-state index contributed by atoms with van der Waals surface area (Å²) in [6, 6.07) is 12.4. The maximum atomic E-state index is 5.57. The van der Waals surface area contributed by atoms with Crippen LogP contribution in [0.2, 0.25) is 0 Å². The summed E-state index contributed by atoms with van der Waals surface area (Å²) in [7, 11) is 3.45. The molecule has 6 heteroatoms. The van der Waals surface area contributed by atoms with Crippen molar-refractivity contribution >= 4 is 17.3 Å². The number of nitrogens with zero attached hydrogens (tertiary/aromatic N) is 1. The smallest absolute Gasteiger partial charge is 0.191 e. The number of hydrogen-bond acceptors (Lipinski definition) is 4. The predicted molar refractivity (Wildman–Crippen MR) is 105 cm³/mol. The normalized spacial score (nSPS) is 11.4. The molecule has 1 aromatic heterocycles. The van der Waals surface area contributed by atoms with E-state index in [2.05, 4.69) is 46.8 Å². The first-order chi connectivity index (χ1) is 12.2. The fourth-order valence-corrected chi connectivity index (χ4v) is 3.13. The molecule has 0 radical (unpaired) electrons. The van der Waals surface area contributed by atoms with Gasteiger partial charge in [0.2, 0.25) is 0 Å². The summed E-state index contributed by atoms with van der Waals surface area (Å²) in [5.74, 6) is 1.65. The van der Waals surface area contributed by atoms with Gasteiger partial charge in [0.25, 0.3) is 0 Å². The summed E-state index contributed by atoms with van der Waals surface area (Å²) in [5, 5.41) is 6.68. The van der Waals surface area contributed by atoms with Crippen LogP contribution in [0.1, 0.15) is 22.2 Å². The Morgan fingerprint density at radius 2 is 1.72 bits per heavy atom. The lowest BCUT2D eigenvalue weighted by Gasteiger charge is -2.12. The fraction of sp³-hybridized carbons (Fsp3) is 0.421. The molecule has 2 rings (SSSR count). The minimum absolute atomic E-state index is 0.563. The Labute approximate surface area is 154 Å². The molecule has 1 heterocycles. The van der Waals surface area contributed by atoms with Crippen molar-refractivity contribution < 1.29 is 9.47 Å². The molecule has 0 saturated carbocycles. The first-order valence-corrected chi connectivity index (χ1v) is 9.29. The van der Waals surface area contributed by atoms with Crippen LogP contribution in [0.25, 0.3) is 0 Å². The number of rotatable bonds is 9. The highest BCUT2D eigenvalue weighted by Crippen LogP contribution is 2.16. The molecule has 0 unspecified atom stereocenters. The molecule has 25 heavy (non-hydrogen) atoms. The van der Waals surface area contributed by atoms with Gasteiger partial charge in [0.15, 0.2) is 5.96 Å². The van der Waals surface area contributed by atoms with Crippen molar-refractivity contribution in [1.29, 1.82) is 0 Å². The van der Waals surface area contributed by atoms with Crippen molar-refractivity contribution in [2.75, 3.05) is 27.4 Å². The quantitative estimate of drug-likeness (QED) is 0.409. The molecule has 2 N–H and O–H groups in total. The SMILES string of the molecule is CCc1ccc(CNC(=NC)NCc2ccc(OCCOC)cc2)s1. The number of thiophene rings is 1. The molecule has 0 spiro atoms. The van der Waals surface area contributed by atoms with E-state index in [1.54, 1.807) is 14.2 Å². The number of nitrogens with one attached hydrogen (secondary N) is 2. The number of methoxy groups -OCH3 is 1. The molecule has 0 aliphatic carbocycles. The zero-order valence-corrected chi connectivity index (χ0v) is 16.0. The Bertz CT molecular complexity index is 653. The van der Waals surface area contributed by atoms with Gasteiger partial charge in [-0.05, 0) is 36.2 Å². The van der Waals surface area contributed by atoms with E-state index in [4.69, 9.17) is 9.47 Å². The lowest BCUT2D eigenvalue weighted by molar-refractivity contribution is 0.146. The molecule has 0 aliphatic rings. The van der Waals surface area contributed by atoms with Crippen LogP contribution in [0.5, 0.6) is 5.75 Å². The zero-order chi connectivity index (χ0) is 17.9. The van der Waals surface area contributed by atoms with Crippen LogP contribution in [0, 0.1) is 0 Å². The van der Waals surface area contributed by atoms with Crippen molar-refractivity contribution in [3.8, 4) is 5.75 Å². The van der Waals surface area contributed by atoms with Crippen molar-refractivity contribution in [2.24, 2.45) is 4.99 Å². The van der Waals surface area contributed by atoms with Crippen LogP contribution in [0.4, 0.5) is 0 Å². The van der Waals surface area contributed by atoms with Crippen molar-refractivity contribution in [3.63, 3.8) is 0 Å². The molecule has 0 saturated heterocycles. The molecule has 0 aliphatic heterocycles. The number of benzene rings is 1. The van der Waals surface area contributed by atoms with E-state index in [0.29, 0.717) is 19.8 Å². The highest BCUT2D eigenvalue weighted by Gasteiger charge is 2.02. The minimum Gasteiger partial charge on any atom is -0.491 e. The minimum atomic E-state index is 0.563. The van der Waals surface area contributed by atoms with E-state index in [1.807, 2.05) is 23.5 Å². The molecule has 0 bridgehead atoms. The van der Waals surface area contributed by atoms with Crippen molar-refractivity contribution in [1.82, 2.24) is 10.6 Å². The van der Waals surface area contributed by atoms with Gasteiger partial charge in [-0.3, -0.25) is 4.99 Å². The summed E-state index contributed by atoms with van der Waals surface area (Å²) in [6.45, 7) is 4.83. The second kappa shape index (κ2) is 10.7. The van der Waals surface area contributed by atoms with Gasteiger partial charge in [0, 0.05) is 30.5 Å². The molecule has 0 atom stereocenters. The van der Waals surface area contributed by atoms with Crippen LogP contribution >= 0.6 is 11.3 Å². The Morgan fingerprint density at radius 1 is 1.00 bits per heavy atom. The molecular weight excluding hydrogens is 334 g/mol. The standard InChI is InChI=1S/C19H27N3O2S/c1-4-17-9-10-18(25-17)14-22-19(20-2)21-13-15-5-7-16(8-6-15)24-12-11-23-3/h5-10H,4,11-14H2,1-3H3,(H2,20,21,22). The largest absolute Gasteiger partial charge is 0.491 e. The highest BCUT2D eigenvalue weighted by molar-refractivity contribution is 7.11. The van der Waals surface area contributed by atoms with E-state index in [-0.39, 0.29) is 0 Å². The zero-order valence-electron chi connectivity index (χ0n) is 15.2. The summed E-state index contributed by atoms with van der Waals surface area (Å²) in [4.78, 5) is 7.00. The lowest BCUT2D eigenvalue weighted by Crippen LogP contribution is -2.36. The number of ether oxygens (including phenoxy) is 2. The monoisotopic (exact) mass is 361 g/mol. The number of aliphatic imine (C=N–C) groups is 1. The first-order valence-electron chi connectivity index (χ1n) is 8.48. The van der Waals surface area contributed by atoms with E-state index >= 15 is 0 Å². The molecule has 136 valence electrons. The van der Waals surface area contributed by atoms with Crippen LogP contribution in [-0.4, -0.2) is 33.3 Å². The van der Waals surface area contributed by atoms with Crippen molar-refractivity contribution in [3.05, 3.63) is 51.7 Å². The molecular formula is C19H27N3O2S. The van der Waals surface area contributed by atoms with Crippen LogP contribution < -0.4 is 15.4 Å². The van der Waals surface area contributed by atoms with E-state index in [9.17, 15) is 0 Å². The third kappa shape index (κ3) is 6.76. The van der Waals surface area contributed by atoms with Gasteiger partial charge in [0.1, 0.15) is 12.4 Å². The molecule has 5 nitrogen and oxygen atoms in total. The van der Waals surface area contributed by atoms with Crippen molar-refractivity contribution in [2.45, 2.75) is 26.4 Å². The molecule has 1 aromatic carbocycles. The number of hydrogen-bond donors (Lipinski definition) is 2. The summed E-state index contributed by atoms with van der Waals surface area (Å²) < 4.78 is 10.5. The Balaban J connectivity index is 1.76. The van der Waals surface area contributed by atoms with Gasteiger partial charge >= 0.3 is 0 Å². The van der Waals surface area contributed by atoms with E-state index in [0.717, 1.165) is 24.7 Å². The number of aryl methyl sites for hydroxylation is 1. The van der Waals surface area contributed by atoms with Gasteiger partial charge in [-0.15, -0.1) is 11.3 Å². The van der Waals surface area contributed by atoms with E-state index < -0.39 is 0 Å². The van der Waals surface area contributed by atoms with Crippen LogP contribution in [-0.2, 0) is 24.2 Å². The molecule has 2 aromatic rings. The average Bonchev–Trinajstić information content (AvgIpc) is 3.11. The second-order valence-electron chi connectivity index (χ2n) is 5.49. The van der Waals surface area contributed by atoms with Gasteiger partial charge in [-0.25, -0.2) is 0 Å². The molecule has 0 amide bonds. The maximum Gasteiger partial charge on any atom is 0.191 e. The van der Waals surface area contributed by atoms with E-state index in [1.165, 1.54) is 15.3 Å². The first kappa shape index (κ1) is 19.3. The van der Waals surface area contributed by atoms with Crippen LogP contribution in [0.15, 0.2) is 41.4 Å². The Kier molecular flexibility index (Phi) is 8.28.